The summed E-state index contributed by atoms with van der Waals surface area (Å²) < 4.78 is 0.746. The Kier molecular flexibility index (Phi) is 6.71. The molecule has 3 aromatic rings. The summed E-state index contributed by atoms with van der Waals surface area (Å²) in [5.74, 6) is 0.222. The summed E-state index contributed by atoms with van der Waals surface area (Å²) in [7, 11) is 0. The van der Waals surface area contributed by atoms with Crippen molar-refractivity contribution in [3.8, 4) is 0 Å². The third-order valence-electron chi connectivity index (χ3n) is 3.76. The molecule has 0 bridgehead atoms. The largest absolute Gasteiger partial charge is 0.349 e. The Morgan fingerprint density at radius 2 is 2.00 bits per heavy atom. The molecular formula is C19H19ClN4OS2. The lowest BCUT2D eigenvalue weighted by atomic mass is 10.1. The molecule has 0 unspecified atom stereocenters. The van der Waals surface area contributed by atoms with Crippen molar-refractivity contribution in [3.05, 3.63) is 64.7 Å². The highest BCUT2D eigenvalue weighted by atomic mass is 35.5. The van der Waals surface area contributed by atoms with Crippen LogP contribution >= 0.6 is 34.7 Å². The van der Waals surface area contributed by atoms with Crippen LogP contribution in [0, 0.1) is 6.92 Å². The predicted octanol–water partition coefficient (Wildman–Crippen LogP) is 5.21. The second-order valence-corrected chi connectivity index (χ2v) is 8.63. The van der Waals surface area contributed by atoms with Crippen molar-refractivity contribution in [1.82, 2.24) is 15.5 Å². The number of carbonyl (C=O) groups is 1. The quantitative estimate of drug-likeness (QED) is 0.515. The number of hydrogen-bond acceptors (Lipinski definition) is 6. The first-order valence-electron chi connectivity index (χ1n) is 8.34. The molecule has 1 heterocycles. The van der Waals surface area contributed by atoms with Gasteiger partial charge in [0.2, 0.25) is 11.0 Å². The molecule has 2 N–H and O–H groups in total. The highest BCUT2D eigenvalue weighted by molar-refractivity contribution is 8.01. The lowest BCUT2D eigenvalue weighted by molar-refractivity contribution is -0.119. The van der Waals surface area contributed by atoms with Gasteiger partial charge in [0, 0.05) is 10.7 Å². The van der Waals surface area contributed by atoms with Gasteiger partial charge in [-0.2, -0.15) is 0 Å². The second kappa shape index (κ2) is 9.21. The number of carbonyl (C=O) groups excluding carboxylic acids is 1. The molecule has 0 fully saturated rings. The van der Waals surface area contributed by atoms with Gasteiger partial charge in [0.1, 0.15) is 0 Å². The molecule has 1 atom stereocenters. The number of thioether (sulfide) groups is 1. The van der Waals surface area contributed by atoms with Gasteiger partial charge in [0.05, 0.1) is 11.8 Å². The highest BCUT2D eigenvalue weighted by Gasteiger charge is 2.12. The van der Waals surface area contributed by atoms with Crippen LogP contribution in [0.15, 0.2) is 52.9 Å². The van der Waals surface area contributed by atoms with Crippen molar-refractivity contribution in [2.24, 2.45) is 0 Å². The average molecular weight is 419 g/mol. The number of nitrogens with zero attached hydrogens (tertiary/aromatic N) is 2. The summed E-state index contributed by atoms with van der Waals surface area (Å²) in [5.41, 5.74) is 3.13. The number of aryl methyl sites for hydroxylation is 1. The number of amides is 1. The van der Waals surface area contributed by atoms with Crippen molar-refractivity contribution in [2.75, 3.05) is 11.1 Å². The number of rotatable bonds is 7. The van der Waals surface area contributed by atoms with E-state index in [4.69, 9.17) is 11.6 Å². The van der Waals surface area contributed by atoms with Crippen LogP contribution in [0.25, 0.3) is 0 Å². The zero-order valence-electron chi connectivity index (χ0n) is 14.9. The molecule has 1 amide bonds. The van der Waals surface area contributed by atoms with Gasteiger partial charge in [0.25, 0.3) is 0 Å². The number of nitrogens with one attached hydrogen (secondary N) is 2. The van der Waals surface area contributed by atoms with E-state index < -0.39 is 0 Å². The smallest absolute Gasteiger partial charge is 0.230 e. The number of aromatic nitrogens is 2. The van der Waals surface area contributed by atoms with Crippen LogP contribution in [0.2, 0.25) is 5.02 Å². The van der Waals surface area contributed by atoms with Gasteiger partial charge in [-0.15, -0.1) is 10.2 Å². The van der Waals surface area contributed by atoms with Gasteiger partial charge in [-0.3, -0.25) is 4.79 Å². The van der Waals surface area contributed by atoms with E-state index in [1.165, 1.54) is 28.7 Å². The Labute approximate surface area is 171 Å². The predicted molar refractivity (Wildman–Crippen MR) is 113 cm³/mol. The van der Waals surface area contributed by atoms with E-state index >= 15 is 0 Å². The molecule has 0 aliphatic carbocycles. The topological polar surface area (TPSA) is 66.9 Å². The number of halogens is 1. The molecule has 0 saturated heterocycles. The van der Waals surface area contributed by atoms with Crippen molar-refractivity contribution >= 4 is 51.4 Å². The Hall–Kier alpha value is -2.09. The van der Waals surface area contributed by atoms with Crippen molar-refractivity contribution in [3.63, 3.8) is 0 Å². The summed E-state index contributed by atoms with van der Waals surface area (Å²) in [5, 5.41) is 15.8. The summed E-state index contributed by atoms with van der Waals surface area (Å²) >= 11 is 8.79. The van der Waals surface area contributed by atoms with Crippen LogP contribution in [0.1, 0.15) is 24.1 Å². The third kappa shape index (κ3) is 5.95. The summed E-state index contributed by atoms with van der Waals surface area (Å²) in [6, 6.07) is 15.4. The number of benzene rings is 2. The molecule has 0 aliphatic rings. The fraction of sp³-hybridized carbons (Fsp3) is 0.211. The van der Waals surface area contributed by atoms with E-state index in [0.29, 0.717) is 10.2 Å². The van der Waals surface area contributed by atoms with Gasteiger partial charge in [0.15, 0.2) is 4.34 Å². The van der Waals surface area contributed by atoms with Crippen molar-refractivity contribution in [1.29, 1.82) is 0 Å². The van der Waals surface area contributed by atoms with E-state index in [9.17, 15) is 4.79 Å². The lowest BCUT2D eigenvalue weighted by Gasteiger charge is -2.14. The zero-order chi connectivity index (χ0) is 19.2. The van der Waals surface area contributed by atoms with Crippen LogP contribution in [-0.4, -0.2) is 21.9 Å². The summed E-state index contributed by atoms with van der Waals surface area (Å²) in [4.78, 5) is 12.2. The second-order valence-electron chi connectivity index (χ2n) is 6.00. The molecule has 0 saturated carbocycles. The fourth-order valence-electron chi connectivity index (χ4n) is 2.35. The minimum absolute atomic E-state index is 0.0595. The molecule has 5 nitrogen and oxygen atoms in total. The number of hydrogen-bond donors (Lipinski definition) is 2. The first-order valence-corrected chi connectivity index (χ1v) is 10.5. The standard InChI is InChI=1S/C19H19ClN4OS2/c1-12-6-8-16(9-7-12)22-18-23-24-19(27-18)26-11-17(25)21-13(2)14-4-3-5-15(20)10-14/h3-10,13H,11H2,1-2H3,(H,21,25)(H,22,23)/t13-/m1/s1. The van der Waals surface area contributed by atoms with Crippen LogP contribution in [0.5, 0.6) is 0 Å². The van der Waals surface area contributed by atoms with Gasteiger partial charge < -0.3 is 10.6 Å². The molecule has 1 aromatic heterocycles. The van der Waals surface area contributed by atoms with Crippen molar-refractivity contribution < 1.29 is 4.79 Å². The first kappa shape index (κ1) is 19.7. The van der Waals surface area contributed by atoms with E-state index in [1.807, 2.05) is 62.4 Å². The Morgan fingerprint density at radius 1 is 1.22 bits per heavy atom. The normalized spacial score (nSPS) is 11.8. The first-order chi connectivity index (χ1) is 13.0. The lowest BCUT2D eigenvalue weighted by Crippen LogP contribution is -2.28. The van der Waals surface area contributed by atoms with Crippen LogP contribution in [0.3, 0.4) is 0 Å². The monoisotopic (exact) mass is 418 g/mol. The maximum atomic E-state index is 12.2. The van der Waals surface area contributed by atoms with E-state index in [1.54, 1.807) is 0 Å². The molecular weight excluding hydrogens is 400 g/mol. The maximum Gasteiger partial charge on any atom is 0.230 e. The van der Waals surface area contributed by atoms with Gasteiger partial charge in [-0.05, 0) is 43.7 Å². The minimum Gasteiger partial charge on any atom is -0.349 e. The molecule has 0 aliphatic heterocycles. The molecule has 2 aromatic carbocycles. The highest BCUT2D eigenvalue weighted by Crippen LogP contribution is 2.28. The van der Waals surface area contributed by atoms with Crippen LogP contribution < -0.4 is 10.6 Å². The minimum atomic E-state index is -0.106. The van der Waals surface area contributed by atoms with Gasteiger partial charge >= 0.3 is 0 Å². The third-order valence-corrected chi connectivity index (χ3v) is 5.97. The van der Waals surface area contributed by atoms with Gasteiger partial charge in [-0.1, -0.05) is 64.5 Å². The molecule has 0 spiro atoms. The Morgan fingerprint density at radius 3 is 2.74 bits per heavy atom. The average Bonchev–Trinajstić information content (AvgIpc) is 3.09. The molecule has 27 heavy (non-hydrogen) atoms. The fourth-order valence-corrected chi connectivity index (χ4v) is 4.13. The Balaban J connectivity index is 1.49. The summed E-state index contributed by atoms with van der Waals surface area (Å²) in [6.07, 6.45) is 0. The number of anilines is 2. The van der Waals surface area contributed by atoms with E-state index in [-0.39, 0.29) is 17.7 Å². The molecule has 3 rings (SSSR count). The van der Waals surface area contributed by atoms with Gasteiger partial charge in [-0.25, -0.2) is 0 Å². The van der Waals surface area contributed by atoms with Crippen LogP contribution in [-0.2, 0) is 4.79 Å². The van der Waals surface area contributed by atoms with Crippen LogP contribution in [0.4, 0.5) is 10.8 Å². The molecule has 0 radical (unpaired) electrons. The molecule has 140 valence electrons. The maximum absolute atomic E-state index is 12.2. The zero-order valence-corrected chi connectivity index (χ0v) is 17.3. The van der Waals surface area contributed by atoms with Crippen molar-refractivity contribution in [2.45, 2.75) is 24.2 Å². The Bertz CT molecular complexity index is 914. The van der Waals surface area contributed by atoms with E-state index in [0.717, 1.165) is 15.6 Å². The van der Waals surface area contributed by atoms with E-state index in [2.05, 4.69) is 20.8 Å². The summed E-state index contributed by atoms with van der Waals surface area (Å²) in [6.45, 7) is 3.98. The molecule has 8 heteroatoms. The SMILES string of the molecule is Cc1ccc(Nc2nnc(SCC(=O)N[C@H](C)c3cccc(Cl)c3)s2)cc1.